The van der Waals surface area contributed by atoms with E-state index in [1.165, 1.54) is 7.11 Å². The van der Waals surface area contributed by atoms with Crippen molar-refractivity contribution in [3.63, 3.8) is 0 Å². The molecule has 1 rings (SSSR count). The molecule has 0 spiro atoms. The maximum Gasteiger partial charge on any atom is 0.219 e. The number of methoxy groups -OCH3 is 1. The topological polar surface area (TPSA) is 62.5 Å². The number of nitrogens with one attached hydrogen (secondary N) is 1. The predicted molar refractivity (Wildman–Crippen MR) is 48.0 cm³/mol. The first kappa shape index (κ1) is 9.54. The minimum absolute atomic E-state index is 0.0973. The second-order valence-electron chi connectivity index (χ2n) is 2.30. The molecule has 0 unspecified atom stereocenters. The van der Waals surface area contributed by atoms with Gasteiger partial charge in [-0.1, -0.05) is 12.1 Å². The van der Waals surface area contributed by atoms with Crippen LogP contribution in [0.25, 0.3) is 0 Å². The van der Waals surface area contributed by atoms with E-state index in [4.69, 9.17) is 15.3 Å². The Kier molecular flexibility index (Phi) is 3.28. The fourth-order valence-corrected chi connectivity index (χ4v) is 0.975. The number of hydrogen-bond donors (Lipinski definition) is 2. The highest BCUT2D eigenvalue weighted by molar-refractivity contribution is 5.94. The molecule has 0 amide bonds. The molecule has 0 atom stereocenters. The molecule has 0 radical (unpaired) electrons. The van der Waals surface area contributed by atoms with Crippen LogP contribution in [0.2, 0.25) is 0 Å². The van der Waals surface area contributed by atoms with Gasteiger partial charge in [-0.05, 0) is 12.1 Å². The van der Waals surface area contributed by atoms with Crippen LogP contribution in [0, 0.1) is 5.41 Å². The molecule has 0 aliphatic carbocycles. The van der Waals surface area contributed by atoms with E-state index in [0.717, 1.165) is 0 Å². The van der Waals surface area contributed by atoms with E-state index in [0.29, 0.717) is 11.3 Å². The van der Waals surface area contributed by atoms with Gasteiger partial charge in [-0.25, -0.2) is 0 Å². The monoisotopic (exact) mass is 181 g/mol. The highest BCUT2D eigenvalue weighted by atomic mass is 16.6. The van der Waals surface area contributed by atoms with Gasteiger partial charge < -0.3 is 14.6 Å². The summed E-state index contributed by atoms with van der Waals surface area (Å²) in [5.74, 6) is 0.459. The van der Waals surface area contributed by atoms with Crippen molar-refractivity contribution in [3.05, 3.63) is 29.8 Å². The molecule has 2 N–H and O–H groups in total. The van der Waals surface area contributed by atoms with Crippen LogP contribution in [0.5, 0.6) is 5.75 Å². The van der Waals surface area contributed by atoms with E-state index in [-0.39, 0.29) is 5.90 Å². The quantitative estimate of drug-likeness (QED) is 0.415. The molecular formula is C9H11NO3. The average Bonchev–Trinajstić information content (AvgIpc) is 2.18. The summed E-state index contributed by atoms with van der Waals surface area (Å²) in [5, 5.41) is 15.9. The number of benzene rings is 1. The maximum atomic E-state index is 8.46. The summed E-state index contributed by atoms with van der Waals surface area (Å²) in [6.45, 7) is -0.503. The molecule has 0 heterocycles. The van der Waals surface area contributed by atoms with Gasteiger partial charge in [-0.15, -0.1) is 0 Å². The van der Waals surface area contributed by atoms with Crippen molar-refractivity contribution in [2.75, 3.05) is 13.9 Å². The van der Waals surface area contributed by atoms with Crippen LogP contribution in [0.3, 0.4) is 0 Å². The van der Waals surface area contributed by atoms with Crippen molar-refractivity contribution >= 4 is 5.90 Å². The first-order chi connectivity index (χ1) is 6.29. The van der Waals surface area contributed by atoms with Gasteiger partial charge in [0.25, 0.3) is 0 Å². The number of aliphatic hydroxyl groups excluding tert-OH is 1. The molecule has 0 saturated heterocycles. The third kappa shape index (κ3) is 2.19. The van der Waals surface area contributed by atoms with E-state index in [9.17, 15) is 0 Å². The fourth-order valence-electron chi connectivity index (χ4n) is 0.975. The van der Waals surface area contributed by atoms with Crippen molar-refractivity contribution in [2.24, 2.45) is 0 Å². The predicted octanol–water partition coefficient (Wildman–Crippen LogP) is 0.987. The van der Waals surface area contributed by atoms with Crippen LogP contribution < -0.4 is 4.74 Å². The Balaban J connectivity index is 2.92. The number of para-hydroxylation sites is 1. The summed E-state index contributed by atoms with van der Waals surface area (Å²) < 4.78 is 9.64. The van der Waals surface area contributed by atoms with Crippen molar-refractivity contribution in [3.8, 4) is 5.75 Å². The second kappa shape index (κ2) is 4.47. The summed E-state index contributed by atoms with van der Waals surface area (Å²) >= 11 is 0. The van der Waals surface area contributed by atoms with Crippen molar-refractivity contribution in [1.29, 1.82) is 5.41 Å². The number of hydrogen-bond acceptors (Lipinski definition) is 4. The van der Waals surface area contributed by atoms with Gasteiger partial charge >= 0.3 is 0 Å². The summed E-state index contributed by atoms with van der Waals surface area (Å²) in [6.07, 6.45) is 0. The Hall–Kier alpha value is -1.55. The van der Waals surface area contributed by atoms with Gasteiger partial charge in [-0.3, -0.25) is 5.41 Å². The molecule has 1 aromatic rings. The number of ether oxygens (including phenoxy) is 2. The van der Waals surface area contributed by atoms with Gasteiger partial charge in [0.1, 0.15) is 5.75 Å². The smallest absolute Gasteiger partial charge is 0.219 e. The molecule has 4 heteroatoms. The standard InChI is InChI=1S/C9H11NO3/c1-12-8-5-3-2-4-7(8)9(10)13-6-11/h2-5,10-11H,6H2,1H3. The van der Waals surface area contributed by atoms with E-state index >= 15 is 0 Å². The third-order valence-electron chi connectivity index (χ3n) is 1.56. The molecule has 0 fully saturated rings. The Labute approximate surface area is 76.2 Å². The highest BCUT2D eigenvalue weighted by Gasteiger charge is 2.07. The molecule has 1 aromatic carbocycles. The Morgan fingerprint density at radius 3 is 2.77 bits per heavy atom. The normalized spacial score (nSPS) is 9.38. The Morgan fingerprint density at radius 2 is 2.15 bits per heavy atom. The molecule has 0 saturated carbocycles. The summed E-state index contributed by atoms with van der Waals surface area (Å²) in [6, 6.07) is 6.99. The number of aliphatic hydroxyl groups is 1. The summed E-state index contributed by atoms with van der Waals surface area (Å²) in [5.41, 5.74) is 0.527. The zero-order chi connectivity index (χ0) is 9.68. The van der Waals surface area contributed by atoms with Gasteiger partial charge in [-0.2, -0.15) is 0 Å². The van der Waals surface area contributed by atoms with E-state index in [2.05, 4.69) is 4.74 Å². The lowest BCUT2D eigenvalue weighted by Gasteiger charge is -2.08. The van der Waals surface area contributed by atoms with Crippen LogP contribution in [0.1, 0.15) is 5.56 Å². The molecule has 0 bridgehead atoms. The SMILES string of the molecule is COc1ccccc1C(=N)OCO. The van der Waals surface area contributed by atoms with E-state index < -0.39 is 6.79 Å². The van der Waals surface area contributed by atoms with Crippen molar-refractivity contribution in [1.82, 2.24) is 0 Å². The van der Waals surface area contributed by atoms with Crippen molar-refractivity contribution in [2.45, 2.75) is 0 Å². The Morgan fingerprint density at radius 1 is 1.46 bits per heavy atom. The summed E-state index contributed by atoms with van der Waals surface area (Å²) in [7, 11) is 1.52. The largest absolute Gasteiger partial charge is 0.496 e. The highest BCUT2D eigenvalue weighted by Crippen LogP contribution is 2.17. The van der Waals surface area contributed by atoms with Gasteiger partial charge in [0.05, 0.1) is 12.7 Å². The molecule has 4 nitrogen and oxygen atoms in total. The third-order valence-corrected chi connectivity index (χ3v) is 1.56. The van der Waals surface area contributed by atoms with Crippen LogP contribution in [0.4, 0.5) is 0 Å². The zero-order valence-corrected chi connectivity index (χ0v) is 7.28. The lowest BCUT2D eigenvalue weighted by molar-refractivity contribution is 0.0879. The zero-order valence-electron chi connectivity index (χ0n) is 7.28. The van der Waals surface area contributed by atoms with E-state index in [1.807, 2.05) is 0 Å². The van der Waals surface area contributed by atoms with Gasteiger partial charge in [0.2, 0.25) is 5.90 Å². The minimum Gasteiger partial charge on any atom is -0.496 e. The van der Waals surface area contributed by atoms with Crippen LogP contribution in [0.15, 0.2) is 24.3 Å². The summed E-state index contributed by atoms with van der Waals surface area (Å²) in [4.78, 5) is 0. The average molecular weight is 181 g/mol. The lowest BCUT2D eigenvalue weighted by atomic mass is 10.2. The molecular weight excluding hydrogens is 170 g/mol. The van der Waals surface area contributed by atoms with Crippen LogP contribution in [-0.2, 0) is 4.74 Å². The van der Waals surface area contributed by atoms with Crippen LogP contribution >= 0.6 is 0 Å². The van der Waals surface area contributed by atoms with E-state index in [1.54, 1.807) is 24.3 Å². The maximum absolute atomic E-state index is 8.46. The molecule has 70 valence electrons. The number of rotatable bonds is 3. The lowest BCUT2D eigenvalue weighted by Crippen LogP contribution is -2.07. The molecule has 0 aromatic heterocycles. The Bertz CT molecular complexity index is 299. The van der Waals surface area contributed by atoms with Crippen LogP contribution in [-0.4, -0.2) is 24.9 Å². The molecule has 0 aliphatic rings. The molecule has 13 heavy (non-hydrogen) atoms. The van der Waals surface area contributed by atoms with Gasteiger partial charge in [0.15, 0.2) is 6.79 Å². The minimum atomic E-state index is -0.503. The fraction of sp³-hybridized carbons (Fsp3) is 0.222. The first-order valence-electron chi connectivity index (χ1n) is 3.75. The first-order valence-corrected chi connectivity index (χ1v) is 3.75. The molecule has 0 aliphatic heterocycles. The van der Waals surface area contributed by atoms with Gasteiger partial charge in [0, 0.05) is 0 Å². The van der Waals surface area contributed by atoms with Crippen molar-refractivity contribution < 1.29 is 14.6 Å². The second-order valence-corrected chi connectivity index (χ2v) is 2.30.